The van der Waals surface area contributed by atoms with Crippen molar-refractivity contribution in [2.75, 3.05) is 18.0 Å². The summed E-state index contributed by atoms with van der Waals surface area (Å²) >= 11 is 3.49. The lowest BCUT2D eigenvalue weighted by Crippen LogP contribution is -2.35. The summed E-state index contributed by atoms with van der Waals surface area (Å²) in [5.74, 6) is 0.244. The molecule has 5 heteroatoms. The normalized spacial score (nSPS) is 16.3. The molecule has 1 aromatic carbocycles. The third-order valence-electron chi connectivity index (χ3n) is 4.13. The van der Waals surface area contributed by atoms with E-state index in [0.717, 1.165) is 35.9 Å². The zero-order chi connectivity index (χ0) is 14.8. The molecule has 0 spiro atoms. The molecule has 1 aliphatic heterocycles. The maximum absolute atomic E-state index is 11.0. The number of benzene rings is 1. The number of anilines is 1. The van der Waals surface area contributed by atoms with Crippen LogP contribution in [-0.4, -0.2) is 24.0 Å². The van der Waals surface area contributed by atoms with E-state index in [1.54, 1.807) is 0 Å². The van der Waals surface area contributed by atoms with Crippen molar-refractivity contribution >= 4 is 38.4 Å². The van der Waals surface area contributed by atoms with Crippen molar-refractivity contribution in [1.82, 2.24) is 4.98 Å². The zero-order valence-corrected chi connectivity index (χ0v) is 13.3. The first-order valence-corrected chi connectivity index (χ1v) is 8.00. The average molecular weight is 348 g/mol. The predicted molar refractivity (Wildman–Crippen MR) is 88.2 cm³/mol. The highest BCUT2D eigenvalue weighted by atomic mass is 79.9. The second-order valence-electron chi connectivity index (χ2n) is 5.59. The first-order chi connectivity index (χ1) is 10.1. The van der Waals surface area contributed by atoms with Crippen molar-refractivity contribution in [1.29, 1.82) is 0 Å². The Bertz CT molecular complexity index is 666. The number of hydrogen-bond donors (Lipinski definition) is 1. The molecule has 1 amide bonds. The van der Waals surface area contributed by atoms with Crippen LogP contribution in [0.15, 0.2) is 34.9 Å². The third kappa shape index (κ3) is 3.18. The predicted octanol–water partition coefficient (Wildman–Crippen LogP) is 3.09. The standard InChI is InChI=1S/C16H18BrN3O/c17-12-1-2-13-14(10-12)19-6-3-15(13)20-7-4-11(5-8-20)9-16(18)21/h1-3,6,10-11H,4-5,7-9H2,(H2,18,21). The number of fused-ring (bicyclic) bond motifs is 1. The summed E-state index contributed by atoms with van der Waals surface area (Å²) in [5.41, 5.74) is 7.52. The van der Waals surface area contributed by atoms with Crippen LogP contribution >= 0.6 is 15.9 Å². The average Bonchev–Trinajstić information content (AvgIpc) is 2.46. The minimum absolute atomic E-state index is 0.187. The van der Waals surface area contributed by atoms with Crippen LogP contribution in [0.1, 0.15) is 19.3 Å². The van der Waals surface area contributed by atoms with Crippen molar-refractivity contribution in [2.45, 2.75) is 19.3 Å². The van der Waals surface area contributed by atoms with E-state index in [0.29, 0.717) is 12.3 Å². The molecule has 2 aromatic rings. The fourth-order valence-corrected chi connectivity index (χ4v) is 3.39. The highest BCUT2D eigenvalue weighted by molar-refractivity contribution is 9.10. The van der Waals surface area contributed by atoms with Gasteiger partial charge in [0.1, 0.15) is 0 Å². The molecule has 4 nitrogen and oxygen atoms in total. The number of hydrogen-bond acceptors (Lipinski definition) is 3. The number of carbonyl (C=O) groups excluding carboxylic acids is 1. The lowest BCUT2D eigenvalue weighted by molar-refractivity contribution is -0.119. The minimum Gasteiger partial charge on any atom is -0.371 e. The van der Waals surface area contributed by atoms with Crippen molar-refractivity contribution in [3.05, 3.63) is 34.9 Å². The van der Waals surface area contributed by atoms with Gasteiger partial charge in [-0.15, -0.1) is 0 Å². The number of piperidine rings is 1. The minimum atomic E-state index is -0.187. The van der Waals surface area contributed by atoms with Gasteiger partial charge in [0, 0.05) is 41.3 Å². The molecule has 0 saturated carbocycles. The molecule has 1 saturated heterocycles. The van der Waals surface area contributed by atoms with E-state index < -0.39 is 0 Å². The largest absolute Gasteiger partial charge is 0.371 e. The van der Waals surface area contributed by atoms with Crippen LogP contribution < -0.4 is 10.6 Å². The Morgan fingerprint density at radius 2 is 2.10 bits per heavy atom. The van der Waals surface area contributed by atoms with Gasteiger partial charge in [0.15, 0.2) is 0 Å². The maximum atomic E-state index is 11.0. The van der Waals surface area contributed by atoms with Crippen LogP contribution in [0.2, 0.25) is 0 Å². The quantitative estimate of drug-likeness (QED) is 0.927. The molecular weight excluding hydrogens is 330 g/mol. The third-order valence-corrected chi connectivity index (χ3v) is 4.62. The lowest BCUT2D eigenvalue weighted by Gasteiger charge is -2.33. The Balaban J connectivity index is 1.81. The van der Waals surface area contributed by atoms with Crippen molar-refractivity contribution < 1.29 is 4.79 Å². The summed E-state index contributed by atoms with van der Waals surface area (Å²) in [6, 6.07) is 8.27. The number of halogens is 1. The van der Waals surface area contributed by atoms with Crippen molar-refractivity contribution in [3.8, 4) is 0 Å². The summed E-state index contributed by atoms with van der Waals surface area (Å²) < 4.78 is 1.04. The molecule has 0 atom stereocenters. The molecule has 1 fully saturated rings. The number of carbonyl (C=O) groups is 1. The van der Waals surface area contributed by atoms with Gasteiger partial charge in [-0.3, -0.25) is 9.78 Å². The molecule has 0 bridgehead atoms. The molecule has 0 aliphatic carbocycles. The fraction of sp³-hybridized carbons (Fsp3) is 0.375. The first kappa shape index (κ1) is 14.3. The maximum Gasteiger partial charge on any atom is 0.217 e. The molecule has 2 heterocycles. The highest BCUT2D eigenvalue weighted by Crippen LogP contribution is 2.31. The lowest BCUT2D eigenvalue weighted by atomic mass is 9.93. The zero-order valence-electron chi connectivity index (χ0n) is 11.8. The highest BCUT2D eigenvalue weighted by Gasteiger charge is 2.21. The number of primary amides is 1. The van der Waals surface area contributed by atoms with Gasteiger partial charge < -0.3 is 10.6 Å². The van der Waals surface area contributed by atoms with E-state index in [1.165, 1.54) is 11.1 Å². The van der Waals surface area contributed by atoms with Crippen LogP contribution in [0, 0.1) is 5.92 Å². The molecule has 2 N–H and O–H groups in total. The van der Waals surface area contributed by atoms with Gasteiger partial charge in [0.2, 0.25) is 5.91 Å². The van der Waals surface area contributed by atoms with Gasteiger partial charge in [-0.1, -0.05) is 15.9 Å². The Kier molecular flexibility index (Phi) is 4.10. The molecule has 21 heavy (non-hydrogen) atoms. The van der Waals surface area contributed by atoms with Gasteiger partial charge in [0.05, 0.1) is 5.52 Å². The number of rotatable bonds is 3. The summed E-state index contributed by atoms with van der Waals surface area (Å²) in [4.78, 5) is 17.8. The summed E-state index contributed by atoms with van der Waals surface area (Å²) in [6.45, 7) is 1.93. The van der Waals surface area contributed by atoms with Gasteiger partial charge in [-0.25, -0.2) is 0 Å². The Labute approximate surface area is 132 Å². The second-order valence-corrected chi connectivity index (χ2v) is 6.51. The van der Waals surface area contributed by atoms with Crippen LogP contribution in [0.4, 0.5) is 5.69 Å². The van der Waals surface area contributed by atoms with Gasteiger partial charge >= 0.3 is 0 Å². The first-order valence-electron chi connectivity index (χ1n) is 7.21. The molecule has 1 aliphatic rings. The van der Waals surface area contributed by atoms with E-state index in [9.17, 15) is 4.79 Å². The smallest absolute Gasteiger partial charge is 0.217 e. The Morgan fingerprint density at radius 1 is 1.33 bits per heavy atom. The van der Waals surface area contributed by atoms with E-state index in [-0.39, 0.29) is 5.91 Å². The van der Waals surface area contributed by atoms with Crippen molar-refractivity contribution in [3.63, 3.8) is 0 Å². The number of pyridine rings is 1. The monoisotopic (exact) mass is 347 g/mol. The van der Waals surface area contributed by atoms with Crippen molar-refractivity contribution in [2.24, 2.45) is 11.7 Å². The molecule has 3 rings (SSSR count). The SMILES string of the molecule is NC(=O)CC1CCN(c2ccnc3cc(Br)ccc23)CC1. The summed E-state index contributed by atoms with van der Waals surface area (Å²) in [5, 5.41) is 1.18. The summed E-state index contributed by atoms with van der Waals surface area (Å²) in [6.07, 6.45) is 4.41. The summed E-state index contributed by atoms with van der Waals surface area (Å²) in [7, 11) is 0. The van der Waals surface area contributed by atoms with Gasteiger partial charge in [-0.2, -0.15) is 0 Å². The molecule has 1 aromatic heterocycles. The molecule has 110 valence electrons. The van der Waals surface area contributed by atoms with Crippen LogP contribution in [0.5, 0.6) is 0 Å². The molecular formula is C16H18BrN3O. The van der Waals surface area contributed by atoms with Gasteiger partial charge in [0.25, 0.3) is 0 Å². The number of aromatic nitrogens is 1. The van der Waals surface area contributed by atoms with Crippen LogP contribution in [0.25, 0.3) is 10.9 Å². The number of nitrogens with zero attached hydrogens (tertiary/aromatic N) is 2. The van der Waals surface area contributed by atoms with E-state index >= 15 is 0 Å². The molecule has 0 unspecified atom stereocenters. The number of amides is 1. The van der Waals surface area contributed by atoms with Crippen LogP contribution in [0.3, 0.4) is 0 Å². The second kappa shape index (κ2) is 6.02. The molecule has 0 radical (unpaired) electrons. The van der Waals surface area contributed by atoms with E-state index in [2.05, 4.69) is 37.9 Å². The van der Waals surface area contributed by atoms with E-state index in [4.69, 9.17) is 5.73 Å². The van der Waals surface area contributed by atoms with E-state index in [1.807, 2.05) is 18.3 Å². The fourth-order valence-electron chi connectivity index (χ4n) is 3.04. The number of nitrogens with two attached hydrogens (primary N) is 1. The topological polar surface area (TPSA) is 59.2 Å². The Morgan fingerprint density at radius 3 is 2.81 bits per heavy atom. The van der Waals surface area contributed by atoms with Crippen LogP contribution in [-0.2, 0) is 4.79 Å². The van der Waals surface area contributed by atoms with Gasteiger partial charge in [-0.05, 0) is 43.0 Å². The Hall–Kier alpha value is -1.62.